The number of benzene rings is 7. The van der Waals surface area contributed by atoms with Gasteiger partial charge in [0.15, 0.2) is 0 Å². The van der Waals surface area contributed by atoms with Crippen molar-refractivity contribution < 1.29 is 0 Å². The molecule has 0 atom stereocenters. The summed E-state index contributed by atoms with van der Waals surface area (Å²) in [4.78, 5) is 2.48. The molecule has 47 heavy (non-hydrogen) atoms. The molecule has 0 bridgehead atoms. The van der Waals surface area contributed by atoms with Crippen LogP contribution >= 0.6 is 0 Å². The highest BCUT2D eigenvalue weighted by molar-refractivity contribution is 6.09. The molecule has 0 radical (unpaired) electrons. The maximum Gasteiger partial charge on any atom is 0.0546 e. The van der Waals surface area contributed by atoms with Crippen molar-refractivity contribution in [2.75, 3.05) is 4.90 Å². The van der Waals surface area contributed by atoms with Crippen molar-refractivity contribution in [1.29, 1.82) is 0 Å². The van der Waals surface area contributed by atoms with E-state index in [4.69, 9.17) is 0 Å². The van der Waals surface area contributed by atoms with Gasteiger partial charge in [0.1, 0.15) is 0 Å². The Bertz CT molecular complexity index is 2340. The van der Waals surface area contributed by atoms with Crippen LogP contribution in [-0.2, 0) is 10.8 Å². The Morgan fingerprint density at radius 2 is 1.02 bits per heavy atom. The predicted molar refractivity (Wildman–Crippen MR) is 199 cm³/mol. The minimum Gasteiger partial charge on any atom is -0.310 e. The van der Waals surface area contributed by atoms with Gasteiger partial charge in [-0.25, -0.2) is 0 Å². The fraction of sp³-hybridized carbons (Fsp3) is 0.130. The second-order valence-corrected chi connectivity index (χ2v) is 14.2. The van der Waals surface area contributed by atoms with Crippen molar-refractivity contribution in [3.63, 3.8) is 0 Å². The normalized spacial score (nSPS) is 14.7. The smallest absolute Gasteiger partial charge is 0.0546 e. The van der Waals surface area contributed by atoms with Crippen LogP contribution in [0.2, 0.25) is 0 Å². The molecule has 1 heteroatoms. The van der Waals surface area contributed by atoms with E-state index in [9.17, 15) is 0 Å². The van der Waals surface area contributed by atoms with Crippen LogP contribution in [0.15, 0.2) is 152 Å². The Kier molecular flexibility index (Phi) is 5.96. The maximum absolute atomic E-state index is 2.48. The van der Waals surface area contributed by atoms with Gasteiger partial charge >= 0.3 is 0 Å². The van der Waals surface area contributed by atoms with Crippen LogP contribution < -0.4 is 4.90 Å². The summed E-state index contributed by atoms with van der Waals surface area (Å²) in [6.07, 6.45) is 0. The molecular weight excluding hydrogens is 567 g/mol. The summed E-state index contributed by atoms with van der Waals surface area (Å²) >= 11 is 0. The summed E-state index contributed by atoms with van der Waals surface area (Å²) in [6.45, 7) is 9.52. The lowest BCUT2D eigenvalue weighted by molar-refractivity contribution is 0.660. The van der Waals surface area contributed by atoms with Crippen molar-refractivity contribution in [3.05, 3.63) is 174 Å². The summed E-state index contributed by atoms with van der Waals surface area (Å²) < 4.78 is 0. The van der Waals surface area contributed by atoms with Gasteiger partial charge in [0.25, 0.3) is 0 Å². The van der Waals surface area contributed by atoms with E-state index in [0.29, 0.717) is 0 Å². The van der Waals surface area contributed by atoms with E-state index in [0.717, 1.165) is 5.69 Å². The van der Waals surface area contributed by atoms with Crippen LogP contribution in [0.1, 0.15) is 49.9 Å². The van der Waals surface area contributed by atoms with E-state index in [-0.39, 0.29) is 10.8 Å². The van der Waals surface area contributed by atoms with Crippen LogP contribution in [-0.4, -0.2) is 0 Å². The molecule has 0 fully saturated rings. The molecule has 9 rings (SSSR count). The van der Waals surface area contributed by atoms with Gasteiger partial charge in [0, 0.05) is 27.6 Å². The largest absolute Gasteiger partial charge is 0.310 e. The minimum absolute atomic E-state index is 0.0855. The van der Waals surface area contributed by atoms with Crippen LogP contribution in [0.3, 0.4) is 0 Å². The topological polar surface area (TPSA) is 3.24 Å². The van der Waals surface area contributed by atoms with Crippen molar-refractivity contribution in [2.45, 2.75) is 38.5 Å². The molecule has 0 saturated heterocycles. The molecule has 1 nitrogen and oxygen atoms in total. The summed E-state index contributed by atoms with van der Waals surface area (Å²) in [5.74, 6) is 0. The highest BCUT2D eigenvalue weighted by Gasteiger charge is 2.40. The van der Waals surface area contributed by atoms with Crippen LogP contribution in [0.5, 0.6) is 0 Å². The predicted octanol–water partition coefficient (Wildman–Crippen LogP) is 12.6. The van der Waals surface area contributed by atoms with Crippen molar-refractivity contribution in [3.8, 4) is 33.4 Å². The first-order valence-corrected chi connectivity index (χ1v) is 16.7. The molecule has 0 saturated carbocycles. The van der Waals surface area contributed by atoms with E-state index >= 15 is 0 Å². The van der Waals surface area contributed by atoms with Crippen molar-refractivity contribution in [1.82, 2.24) is 0 Å². The zero-order valence-electron chi connectivity index (χ0n) is 27.4. The van der Waals surface area contributed by atoms with E-state index < -0.39 is 0 Å². The van der Waals surface area contributed by atoms with E-state index in [2.05, 4.69) is 184 Å². The molecule has 226 valence electrons. The summed E-state index contributed by atoms with van der Waals surface area (Å²) in [6, 6.07) is 56.1. The fourth-order valence-electron chi connectivity index (χ4n) is 8.60. The van der Waals surface area contributed by atoms with Gasteiger partial charge in [-0.3, -0.25) is 0 Å². The quantitative estimate of drug-likeness (QED) is 0.193. The molecule has 7 aromatic rings. The lowest BCUT2D eigenvalue weighted by atomic mass is 9.79. The molecule has 0 N–H and O–H groups in total. The Morgan fingerprint density at radius 1 is 0.404 bits per heavy atom. The first kappa shape index (κ1) is 27.9. The highest BCUT2D eigenvalue weighted by Crippen LogP contribution is 2.57. The number of para-hydroxylation sites is 1. The third-order valence-electron chi connectivity index (χ3n) is 10.8. The Balaban J connectivity index is 1.34. The lowest BCUT2D eigenvalue weighted by Crippen LogP contribution is -2.17. The zero-order chi connectivity index (χ0) is 31.9. The second-order valence-electron chi connectivity index (χ2n) is 14.2. The Labute approximate surface area is 277 Å². The van der Waals surface area contributed by atoms with Gasteiger partial charge in [-0.15, -0.1) is 0 Å². The summed E-state index contributed by atoms with van der Waals surface area (Å²) in [7, 11) is 0. The molecule has 0 spiro atoms. The summed E-state index contributed by atoms with van der Waals surface area (Å²) in [5, 5.41) is 2.58. The Hall–Kier alpha value is -5.40. The standard InChI is InChI=1S/C46H37N/c1-45(2)39-24-14-13-20-34(39)35-27-26-32(28-41(35)45)47(31-18-9-6-10-19-31)42-29-38-43-33(30-16-7-5-8-17-30)23-15-25-40(43)46(3,4)44(38)37-22-12-11-21-36(37)42/h5-29H,1-4H3. The summed E-state index contributed by atoms with van der Waals surface area (Å²) in [5.41, 5.74) is 16.8. The molecular formula is C46H37N. The highest BCUT2D eigenvalue weighted by atomic mass is 15.1. The van der Waals surface area contributed by atoms with Gasteiger partial charge in [-0.2, -0.15) is 0 Å². The van der Waals surface area contributed by atoms with Gasteiger partial charge in [0.2, 0.25) is 0 Å². The van der Waals surface area contributed by atoms with Gasteiger partial charge in [0.05, 0.1) is 5.69 Å². The molecule has 2 aliphatic carbocycles. The third-order valence-corrected chi connectivity index (χ3v) is 10.8. The first-order valence-electron chi connectivity index (χ1n) is 16.7. The number of nitrogens with zero attached hydrogens (tertiary/aromatic N) is 1. The molecule has 7 aromatic carbocycles. The van der Waals surface area contributed by atoms with E-state index in [1.807, 2.05) is 0 Å². The fourth-order valence-corrected chi connectivity index (χ4v) is 8.60. The molecule has 0 heterocycles. The van der Waals surface area contributed by atoms with Crippen LogP contribution in [0.4, 0.5) is 17.1 Å². The number of fused-ring (bicyclic) bond motifs is 8. The third kappa shape index (κ3) is 3.96. The molecule has 0 unspecified atom stereocenters. The first-order chi connectivity index (χ1) is 22.9. The molecule has 0 aromatic heterocycles. The maximum atomic E-state index is 2.48. The average Bonchev–Trinajstić information content (AvgIpc) is 3.49. The van der Waals surface area contributed by atoms with E-state index in [1.54, 1.807) is 0 Å². The number of rotatable bonds is 4. The van der Waals surface area contributed by atoms with Crippen molar-refractivity contribution in [2.24, 2.45) is 0 Å². The minimum atomic E-state index is -0.144. The van der Waals surface area contributed by atoms with Crippen LogP contribution in [0.25, 0.3) is 44.2 Å². The second kappa shape index (κ2) is 10.0. The zero-order valence-corrected chi connectivity index (χ0v) is 27.4. The average molecular weight is 604 g/mol. The van der Waals surface area contributed by atoms with Gasteiger partial charge in [-0.05, 0) is 91.4 Å². The molecule has 0 amide bonds. The molecule has 2 aliphatic rings. The van der Waals surface area contributed by atoms with Crippen molar-refractivity contribution >= 4 is 27.8 Å². The monoisotopic (exact) mass is 603 g/mol. The van der Waals surface area contributed by atoms with Crippen LogP contribution in [0, 0.1) is 0 Å². The number of hydrogen-bond donors (Lipinski definition) is 0. The SMILES string of the molecule is CC1(C)c2ccccc2-c2ccc(N(c3ccccc3)c3cc4c(c5ccccc35)C(C)(C)c3cccc(-c5ccccc5)c3-4)cc21. The van der Waals surface area contributed by atoms with Gasteiger partial charge < -0.3 is 4.90 Å². The number of anilines is 3. The lowest BCUT2D eigenvalue weighted by Gasteiger charge is -2.30. The van der Waals surface area contributed by atoms with E-state index in [1.165, 1.54) is 77.8 Å². The molecule has 0 aliphatic heterocycles. The number of hydrogen-bond acceptors (Lipinski definition) is 1. The Morgan fingerprint density at radius 3 is 1.81 bits per heavy atom. The van der Waals surface area contributed by atoms with Gasteiger partial charge in [-0.1, -0.05) is 149 Å².